The Kier molecular flexibility index (Phi) is 3.18. The maximum Gasteiger partial charge on any atom is 0.376 e. The van der Waals surface area contributed by atoms with Crippen LogP contribution in [0.5, 0.6) is 0 Å². The number of hydrogen-bond acceptors (Lipinski definition) is 4. The average Bonchev–Trinajstić information content (AvgIpc) is 2.69. The number of hydrogen-bond donors (Lipinski definition) is 0. The lowest BCUT2D eigenvalue weighted by Crippen LogP contribution is -2.12. The first-order valence-corrected chi connectivity index (χ1v) is 5.25. The van der Waals surface area contributed by atoms with Crippen LogP contribution in [0.4, 0.5) is 0 Å². The van der Waals surface area contributed by atoms with Crippen molar-refractivity contribution in [3.8, 4) is 0 Å². The van der Waals surface area contributed by atoms with Crippen LogP contribution in [0.3, 0.4) is 0 Å². The summed E-state index contributed by atoms with van der Waals surface area (Å²) in [7, 11) is 1.73. The van der Waals surface area contributed by atoms with E-state index in [2.05, 4.69) is 10.2 Å². The minimum atomic E-state index is -0.461. The number of aromatic nitrogens is 3. The van der Waals surface area contributed by atoms with Gasteiger partial charge in [0.15, 0.2) is 0 Å². The van der Waals surface area contributed by atoms with E-state index in [0.717, 1.165) is 5.56 Å². The van der Waals surface area contributed by atoms with Gasteiger partial charge in [0.25, 0.3) is 0 Å². The largest absolute Gasteiger partial charge is 0.455 e. The quantitative estimate of drug-likeness (QED) is 0.751. The van der Waals surface area contributed by atoms with Gasteiger partial charge in [-0.2, -0.15) is 0 Å². The highest BCUT2D eigenvalue weighted by atomic mass is 16.5. The monoisotopic (exact) mass is 231 g/mol. The van der Waals surface area contributed by atoms with Gasteiger partial charge in [-0.25, -0.2) is 4.79 Å². The van der Waals surface area contributed by atoms with Gasteiger partial charge >= 0.3 is 5.97 Å². The first-order valence-electron chi connectivity index (χ1n) is 5.25. The van der Waals surface area contributed by atoms with Crippen LogP contribution in [0, 0.1) is 6.92 Å². The summed E-state index contributed by atoms with van der Waals surface area (Å²) in [6.07, 6.45) is 0. The topological polar surface area (TPSA) is 57.0 Å². The lowest BCUT2D eigenvalue weighted by Gasteiger charge is -2.04. The fourth-order valence-corrected chi connectivity index (χ4v) is 1.37. The summed E-state index contributed by atoms with van der Waals surface area (Å²) >= 11 is 0. The van der Waals surface area contributed by atoms with E-state index in [0.29, 0.717) is 5.82 Å². The van der Waals surface area contributed by atoms with Crippen LogP contribution in [0.15, 0.2) is 30.3 Å². The van der Waals surface area contributed by atoms with Crippen LogP contribution in [-0.2, 0) is 18.4 Å². The predicted octanol–water partition coefficient (Wildman–Crippen LogP) is 1.48. The third-order valence-corrected chi connectivity index (χ3v) is 2.49. The lowest BCUT2D eigenvalue weighted by atomic mass is 10.2. The lowest BCUT2D eigenvalue weighted by molar-refractivity contribution is 0.0453. The van der Waals surface area contributed by atoms with E-state index in [9.17, 15) is 4.79 Å². The van der Waals surface area contributed by atoms with Gasteiger partial charge in [0.2, 0.25) is 5.82 Å². The molecular weight excluding hydrogens is 218 g/mol. The van der Waals surface area contributed by atoms with Crippen LogP contribution in [0.25, 0.3) is 0 Å². The molecule has 2 rings (SSSR count). The zero-order valence-electron chi connectivity index (χ0n) is 9.75. The Morgan fingerprint density at radius 3 is 2.59 bits per heavy atom. The van der Waals surface area contributed by atoms with Crippen molar-refractivity contribution in [1.82, 2.24) is 14.8 Å². The van der Waals surface area contributed by atoms with Crippen LogP contribution >= 0.6 is 0 Å². The Morgan fingerprint density at radius 2 is 2.00 bits per heavy atom. The van der Waals surface area contributed by atoms with E-state index < -0.39 is 5.97 Å². The second kappa shape index (κ2) is 4.78. The van der Waals surface area contributed by atoms with Gasteiger partial charge in [-0.3, -0.25) is 0 Å². The van der Waals surface area contributed by atoms with Gasteiger partial charge in [-0.15, -0.1) is 10.2 Å². The number of carbonyl (C=O) groups is 1. The summed E-state index contributed by atoms with van der Waals surface area (Å²) in [5, 5.41) is 7.57. The van der Waals surface area contributed by atoms with Gasteiger partial charge in [0.05, 0.1) is 0 Å². The summed E-state index contributed by atoms with van der Waals surface area (Å²) in [5.41, 5.74) is 0.944. The van der Waals surface area contributed by atoms with Crippen molar-refractivity contribution in [2.24, 2.45) is 7.05 Å². The molecule has 0 radical (unpaired) electrons. The van der Waals surface area contributed by atoms with E-state index in [1.165, 1.54) is 0 Å². The molecule has 0 atom stereocenters. The Hall–Kier alpha value is -2.17. The number of esters is 1. The number of carbonyl (C=O) groups excluding carboxylic acids is 1. The van der Waals surface area contributed by atoms with Gasteiger partial charge in [0, 0.05) is 7.05 Å². The minimum Gasteiger partial charge on any atom is -0.455 e. The number of nitrogens with zero attached hydrogens (tertiary/aromatic N) is 3. The Balaban J connectivity index is 2.01. The number of benzene rings is 1. The highest BCUT2D eigenvalue weighted by molar-refractivity contribution is 5.85. The second-order valence-electron chi connectivity index (χ2n) is 3.69. The molecule has 0 saturated carbocycles. The van der Waals surface area contributed by atoms with Crippen molar-refractivity contribution in [3.05, 3.63) is 47.5 Å². The first kappa shape index (κ1) is 11.3. The predicted molar refractivity (Wildman–Crippen MR) is 61.3 cm³/mol. The molecule has 0 unspecified atom stereocenters. The summed E-state index contributed by atoms with van der Waals surface area (Å²) in [6.45, 7) is 2.02. The third kappa shape index (κ3) is 2.50. The molecule has 0 aliphatic carbocycles. The molecule has 17 heavy (non-hydrogen) atoms. The molecule has 5 heteroatoms. The maximum absolute atomic E-state index is 11.7. The van der Waals surface area contributed by atoms with E-state index in [-0.39, 0.29) is 12.4 Å². The van der Waals surface area contributed by atoms with Crippen molar-refractivity contribution in [3.63, 3.8) is 0 Å². The molecule has 0 amide bonds. The minimum absolute atomic E-state index is 0.221. The Bertz CT molecular complexity index is 520. The fourth-order valence-electron chi connectivity index (χ4n) is 1.37. The first-order chi connectivity index (χ1) is 8.18. The van der Waals surface area contributed by atoms with Crippen molar-refractivity contribution >= 4 is 5.97 Å². The SMILES string of the molecule is Cc1nnc(C(=O)OCc2ccccc2)n1C. The zero-order valence-corrected chi connectivity index (χ0v) is 9.75. The highest BCUT2D eigenvalue weighted by Gasteiger charge is 2.15. The van der Waals surface area contributed by atoms with Crippen molar-refractivity contribution in [2.75, 3.05) is 0 Å². The summed E-state index contributed by atoms with van der Waals surface area (Å²) in [4.78, 5) is 11.7. The smallest absolute Gasteiger partial charge is 0.376 e. The van der Waals surface area contributed by atoms with E-state index in [4.69, 9.17) is 4.74 Å². The molecule has 5 nitrogen and oxygen atoms in total. The molecule has 0 fully saturated rings. The molecule has 0 bridgehead atoms. The van der Waals surface area contributed by atoms with Crippen LogP contribution in [0.1, 0.15) is 22.0 Å². The second-order valence-corrected chi connectivity index (χ2v) is 3.69. The average molecular weight is 231 g/mol. The van der Waals surface area contributed by atoms with Gasteiger partial charge < -0.3 is 9.30 Å². The number of ether oxygens (including phenoxy) is 1. The molecule has 0 saturated heterocycles. The molecule has 0 aliphatic rings. The molecule has 1 aromatic carbocycles. The Morgan fingerprint density at radius 1 is 1.29 bits per heavy atom. The number of aryl methyl sites for hydroxylation is 1. The van der Waals surface area contributed by atoms with Gasteiger partial charge in [0.1, 0.15) is 12.4 Å². The third-order valence-electron chi connectivity index (χ3n) is 2.49. The summed E-state index contributed by atoms with van der Waals surface area (Å²) in [6, 6.07) is 9.51. The van der Waals surface area contributed by atoms with Crippen molar-refractivity contribution in [1.29, 1.82) is 0 Å². The molecule has 1 heterocycles. The van der Waals surface area contributed by atoms with Crippen molar-refractivity contribution in [2.45, 2.75) is 13.5 Å². The molecule has 0 aliphatic heterocycles. The highest BCUT2D eigenvalue weighted by Crippen LogP contribution is 2.04. The normalized spacial score (nSPS) is 10.2. The fraction of sp³-hybridized carbons (Fsp3) is 0.250. The standard InChI is InChI=1S/C12H13N3O2/c1-9-13-14-11(15(9)2)12(16)17-8-10-6-4-3-5-7-10/h3-7H,8H2,1-2H3. The molecule has 0 N–H and O–H groups in total. The zero-order chi connectivity index (χ0) is 12.3. The molecule has 0 spiro atoms. The summed E-state index contributed by atoms with van der Waals surface area (Å²) in [5.74, 6) is 0.437. The van der Waals surface area contributed by atoms with Gasteiger partial charge in [-0.05, 0) is 12.5 Å². The molecule has 88 valence electrons. The van der Waals surface area contributed by atoms with E-state index >= 15 is 0 Å². The van der Waals surface area contributed by atoms with Crippen LogP contribution in [-0.4, -0.2) is 20.7 Å². The summed E-state index contributed by atoms with van der Waals surface area (Å²) < 4.78 is 6.75. The molecule has 1 aromatic heterocycles. The molecule has 2 aromatic rings. The van der Waals surface area contributed by atoms with E-state index in [1.807, 2.05) is 30.3 Å². The van der Waals surface area contributed by atoms with E-state index in [1.54, 1.807) is 18.5 Å². The van der Waals surface area contributed by atoms with Crippen molar-refractivity contribution < 1.29 is 9.53 Å². The van der Waals surface area contributed by atoms with Crippen LogP contribution < -0.4 is 0 Å². The molecular formula is C12H13N3O2. The van der Waals surface area contributed by atoms with Gasteiger partial charge in [-0.1, -0.05) is 30.3 Å². The number of rotatable bonds is 3. The Labute approximate surface area is 99.1 Å². The maximum atomic E-state index is 11.7. The van der Waals surface area contributed by atoms with Crippen LogP contribution in [0.2, 0.25) is 0 Å².